The highest BCUT2D eigenvalue weighted by atomic mass is 16.1. The molecule has 5 heteroatoms. The van der Waals surface area contributed by atoms with E-state index in [-0.39, 0.29) is 5.91 Å². The number of pyridine rings is 1. The van der Waals surface area contributed by atoms with Crippen LogP contribution in [0.4, 0.5) is 5.69 Å². The zero-order valence-corrected chi connectivity index (χ0v) is 13.2. The number of hydrogen-bond donors (Lipinski definition) is 1. The molecule has 2 heterocycles. The van der Waals surface area contributed by atoms with Gasteiger partial charge in [-0.2, -0.15) is 5.10 Å². The molecule has 0 unspecified atom stereocenters. The Morgan fingerprint density at radius 3 is 2.48 bits per heavy atom. The summed E-state index contributed by atoms with van der Waals surface area (Å²) in [6.07, 6.45) is 5.63. The number of nitrogens with zero attached hydrogens (tertiary/aromatic N) is 3. The zero-order valence-electron chi connectivity index (χ0n) is 13.2. The minimum atomic E-state index is -0.161. The van der Waals surface area contributed by atoms with E-state index in [2.05, 4.69) is 15.4 Å². The van der Waals surface area contributed by atoms with Gasteiger partial charge in [-0.1, -0.05) is 24.6 Å². The van der Waals surface area contributed by atoms with E-state index in [1.807, 2.05) is 42.8 Å². The molecule has 116 valence electrons. The standard InChI is InChI=1S/C18H18N4O/c1-3-17-16(18(23)21-14-8-10-19-11-9-14)12-20-22(17)15-6-4-13(2)5-7-15/h4-12H,3H2,1-2H3,(H,19,21,23). The maximum absolute atomic E-state index is 12.5. The second-order valence-corrected chi connectivity index (χ2v) is 5.30. The first-order chi connectivity index (χ1) is 11.2. The fraction of sp³-hybridized carbons (Fsp3) is 0.167. The van der Waals surface area contributed by atoms with Crippen molar-refractivity contribution in [3.63, 3.8) is 0 Å². The van der Waals surface area contributed by atoms with Gasteiger partial charge in [0.1, 0.15) is 0 Å². The number of hydrogen-bond acceptors (Lipinski definition) is 3. The minimum Gasteiger partial charge on any atom is -0.322 e. The molecule has 1 aromatic carbocycles. The SMILES string of the molecule is CCc1c(C(=O)Nc2ccncc2)cnn1-c1ccc(C)cc1. The summed E-state index contributed by atoms with van der Waals surface area (Å²) in [5.41, 5.74) is 4.34. The molecular weight excluding hydrogens is 288 g/mol. The van der Waals surface area contributed by atoms with Crippen LogP contribution in [0.15, 0.2) is 55.0 Å². The molecule has 3 aromatic rings. The Balaban J connectivity index is 1.91. The fourth-order valence-electron chi connectivity index (χ4n) is 2.45. The Hall–Kier alpha value is -2.95. The lowest BCUT2D eigenvalue weighted by atomic mass is 10.1. The predicted octanol–water partition coefficient (Wildman–Crippen LogP) is 3.39. The van der Waals surface area contributed by atoms with Gasteiger partial charge in [0.2, 0.25) is 0 Å². The Morgan fingerprint density at radius 1 is 1.13 bits per heavy atom. The molecule has 2 aromatic heterocycles. The van der Waals surface area contributed by atoms with Crippen molar-refractivity contribution in [2.45, 2.75) is 20.3 Å². The molecule has 0 saturated heterocycles. The largest absolute Gasteiger partial charge is 0.322 e. The fourth-order valence-corrected chi connectivity index (χ4v) is 2.45. The van der Waals surface area contributed by atoms with E-state index in [9.17, 15) is 4.79 Å². The monoisotopic (exact) mass is 306 g/mol. The van der Waals surface area contributed by atoms with E-state index in [4.69, 9.17) is 0 Å². The lowest BCUT2D eigenvalue weighted by molar-refractivity contribution is 0.102. The molecule has 3 rings (SSSR count). The van der Waals surface area contributed by atoms with Gasteiger partial charge >= 0.3 is 0 Å². The second-order valence-electron chi connectivity index (χ2n) is 5.30. The van der Waals surface area contributed by atoms with Crippen molar-refractivity contribution < 1.29 is 4.79 Å². The van der Waals surface area contributed by atoms with Crippen molar-refractivity contribution in [1.82, 2.24) is 14.8 Å². The van der Waals surface area contributed by atoms with Crippen LogP contribution in [0, 0.1) is 6.92 Å². The summed E-state index contributed by atoms with van der Waals surface area (Å²) in [6.45, 7) is 4.06. The summed E-state index contributed by atoms with van der Waals surface area (Å²) in [5, 5.41) is 7.27. The van der Waals surface area contributed by atoms with E-state index in [0.717, 1.165) is 17.1 Å². The van der Waals surface area contributed by atoms with Crippen LogP contribution in [0.5, 0.6) is 0 Å². The van der Waals surface area contributed by atoms with Crippen LogP contribution in [0.2, 0.25) is 0 Å². The van der Waals surface area contributed by atoms with Gasteiger partial charge in [-0.05, 0) is 37.6 Å². The molecule has 0 aliphatic heterocycles. The molecule has 0 atom stereocenters. The first-order valence-corrected chi connectivity index (χ1v) is 7.54. The number of carbonyl (C=O) groups excluding carboxylic acids is 1. The van der Waals surface area contributed by atoms with Gasteiger partial charge in [0, 0.05) is 18.1 Å². The number of aryl methyl sites for hydroxylation is 1. The lowest BCUT2D eigenvalue weighted by Gasteiger charge is -2.09. The van der Waals surface area contributed by atoms with Crippen LogP contribution in [0.25, 0.3) is 5.69 Å². The third-order valence-corrected chi connectivity index (χ3v) is 3.67. The second kappa shape index (κ2) is 6.44. The Labute approximate surface area is 135 Å². The van der Waals surface area contributed by atoms with Gasteiger partial charge in [-0.15, -0.1) is 0 Å². The normalized spacial score (nSPS) is 10.5. The van der Waals surface area contributed by atoms with Crippen LogP contribution >= 0.6 is 0 Å². The molecule has 5 nitrogen and oxygen atoms in total. The lowest BCUT2D eigenvalue weighted by Crippen LogP contribution is -2.14. The van der Waals surface area contributed by atoms with Gasteiger partial charge < -0.3 is 5.32 Å². The predicted molar refractivity (Wildman–Crippen MR) is 89.9 cm³/mol. The maximum atomic E-state index is 12.5. The highest BCUT2D eigenvalue weighted by Gasteiger charge is 2.17. The Morgan fingerprint density at radius 2 is 1.83 bits per heavy atom. The van der Waals surface area contributed by atoms with Crippen molar-refractivity contribution in [2.24, 2.45) is 0 Å². The molecule has 1 amide bonds. The van der Waals surface area contributed by atoms with Crippen LogP contribution in [-0.4, -0.2) is 20.7 Å². The van der Waals surface area contributed by atoms with Gasteiger partial charge in [0.15, 0.2) is 0 Å². The molecule has 0 aliphatic rings. The van der Waals surface area contributed by atoms with Crippen molar-refractivity contribution in [3.8, 4) is 5.69 Å². The highest BCUT2D eigenvalue weighted by Crippen LogP contribution is 2.18. The third kappa shape index (κ3) is 3.13. The molecule has 0 fully saturated rings. The van der Waals surface area contributed by atoms with Crippen molar-refractivity contribution in [1.29, 1.82) is 0 Å². The van der Waals surface area contributed by atoms with E-state index in [0.29, 0.717) is 12.0 Å². The number of carbonyl (C=O) groups is 1. The number of aromatic nitrogens is 3. The van der Waals surface area contributed by atoms with E-state index >= 15 is 0 Å². The summed E-state index contributed by atoms with van der Waals surface area (Å²) in [6, 6.07) is 11.6. The summed E-state index contributed by atoms with van der Waals surface area (Å²) in [7, 11) is 0. The first-order valence-electron chi connectivity index (χ1n) is 7.54. The summed E-state index contributed by atoms with van der Waals surface area (Å²) >= 11 is 0. The Bertz CT molecular complexity index is 807. The number of nitrogens with one attached hydrogen (secondary N) is 1. The summed E-state index contributed by atoms with van der Waals surface area (Å²) < 4.78 is 1.82. The molecule has 0 radical (unpaired) electrons. The molecular formula is C18H18N4O. The molecule has 0 bridgehead atoms. The average Bonchev–Trinajstić information content (AvgIpc) is 3.00. The van der Waals surface area contributed by atoms with Crippen molar-refractivity contribution >= 4 is 11.6 Å². The van der Waals surface area contributed by atoms with Crippen LogP contribution in [0.3, 0.4) is 0 Å². The van der Waals surface area contributed by atoms with Gasteiger partial charge in [-0.25, -0.2) is 4.68 Å². The summed E-state index contributed by atoms with van der Waals surface area (Å²) in [5.74, 6) is -0.161. The number of benzene rings is 1. The third-order valence-electron chi connectivity index (χ3n) is 3.67. The van der Waals surface area contributed by atoms with Gasteiger partial charge in [0.05, 0.1) is 23.1 Å². The van der Waals surface area contributed by atoms with E-state index < -0.39 is 0 Å². The topological polar surface area (TPSA) is 59.8 Å². The highest BCUT2D eigenvalue weighted by molar-refractivity contribution is 6.05. The van der Waals surface area contributed by atoms with E-state index in [1.165, 1.54) is 5.56 Å². The molecule has 0 spiro atoms. The van der Waals surface area contributed by atoms with Crippen molar-refractivity contribution in [3.05, 3.63) is 71.8 Å². The molecule has 0 aliphatic carbocycles. The average molecular weight is 306 g/mol. The van der Waals surface area contributed by atoms with Crippen molar-refractivity contribution in [2.75, 3.05) is 5.32 Å². The Kier molecular flexibility index (Phi) is 4.19. The van der Waals surface area contributed by atoms with Crippen LogP contribution < -0.4 is 5.32 Å². The van der Waals surface area contributed by atoms with Gasteiger partial charge in [-0.3, -0.25) is 9.78 Å². The quantitative estimate of drug-likeness (QED) is 0.803. The minimum absolute atomic E-state index is 0.161. The molecule has 0 saturated carbocycles. The first kappa shape index (κ1) is 15.0. The maximum Gasteiger partial charge on any atom is 0.259 e. The summed E-state index contributed by atoms with van der Waals surface area (Å²) in [4.78, 5) is 16.4. The van der Waals surface area contributed by atoms with Crippen LogP contribution in [-0.2, 0) is 6.42 Å². The number of rotatable bonds is 4. The molecule has 23 heavy (non-hydrogen) atoms. The zero-order chi connectivity index (χ0) is 16.2. The smallest absolute Gasteiger partial charge is 0.259 e. The number of anilines is 1. The number of amides is 1. The molecule has 1 N–H and O–H groups in total. The van der Waals surface area contributed by atoms with Gasteiger partial charge in [0.25, 0.3) is 5.91 Å². The van der Waals surface area contributed by atoms with E-state index in [1.54, 1.807) is 30.7 Å². The van der Waals surface area contributed by atoms with Crippen LogP contribution in [0.1, 0.15) is 28.5 Å².